The smallest absolute Gasteiger partial charge is 0.250 e. The molecule has 0 aliphatic carbocycles. The van der Waals surface area contributed by atoms with Gasteiger partial charge in [0.2, 0.25) is 5.89 Å². The second kappa shape index (κ2) is 9.16. The second-order valence-electron chi connectivity index (χ2n) is 8.55. The first-order chi connectivity index (χ1) is 16.1. The molecule has 0 amide bonds. The van der Waals surface area contributed by atoms with Gasteiger partial charge in [-0.2, -0.15) is 0 Å². The quantitative estimate of drug-likeness (QED) is 0.414. The molecule has 0 N–H and O–H groups in total. The minimum absolute atomic E-state index is 0.181. The number of nitrogens with zero attached hydrogens (tertiary/aromatic N) is 4. The van der Waals surface area contributed by atoms with Gasteiger partial charge in [-0.1, -0.05) is 54.6 Å². The largest absolute Gasteiger partial charge is 0.418 e. The Kier molecular flexibility index (Phi) is 5.92. The van der Waals surface area contributed by atoms with Crippen LogP contribution >= 0.6 is 0 Å². The molecule has 4 aromatic rings. The Morgan fingerprint density at radius 2 is 1.58 bits per heavy atom. The molecule has 1 atom stereocenters. The molecule has 0 bridgehead atoms. The van der Waals surface area contributed by atoms with Crippen molar-refractivity contribution in [3.05, 3.63) is 101 Å². The summed E-state index contributed by atoms with van der Waals surface area (Å²) in [6, 6.07) is 23.1. The summed E-state index contributed by atoms with van der Waals surface area (Å²) in [5, 5.41) is 8.53. The van der Waals surface area contributed by atoms with Gasteiger partial charge in [-0.25, -0.2) is 4.39 Å². The fourth-order valence-electron chi connectivity index (χ4n) is 4.51. The highest BCUT2D eigenvalue weighted by molar-refractivity contribution is 5.55. The van der Waals surface area contributed by atoms with Crippen LogP contribution in [0.5, 0.6) is 0 Å². The average molecular weight is 443 g/mol. The van der Waals surface area contributed by atoms with Crippen molar-refractivity contribution in [2.45, 2.75) is 19.9 Å². The van der Waals surface area contributed by atoms with E-state index in [-0.39, 0.29) is 17.7 Å². The molecule has 1 saturated heterocycles. The Hall–Kier alpha value is -3.51. The third-order valence-corrected chi connectivity index (χ3v) is 6.28. The van der Waals surface area contributed by atoms with Crippen molar-refractivity contribution >= 4 is 5.69 Å². The van der Waals surface area contributed by atoms with Crippen molar-refractivity contribution in [3.63, 3.8) is 0 Å². The van der Waals surface area contributed by atoms with E-state index >= 15 is 0 Å². The van der Waals surface area contributed by atoms with Crippen molar-refractivity contribution in [2.75, 3.05) is 31.1 Å². The van der Waals surface area contributed by atoms with E-state index in [2.05, 4.69) is 64.2 Å². The van der Waals surface area contributed by atoms with Crippen molar-refractivity contribution in [3.8, 4) is 11.5 Å². The average Bonchev–Trinajstić information content (AvgIpc) is 3.32. The van der Waals surface area contributed by atoms with Gasteiger partial charge in [0.25, 0.3) is 5.89 Å². The van der Waals surface area contributed by atoms with E-state index in [1.54, 1.807) is 18.2 Å². The van der Waals surface area contributed by atoms with Gasteiger partial charge in [-0.05, 0) is 48.7 Å². The Bertz CT molecular complexity index is 1230. The third-order valence-electron chi connectivity index (χ3n) is 6.28. The van der Waals surface area contributed by atoms with Gasteiger partial charge in [0, 0.05) is 31.9 Å². The van der Waals surface area contributed by atoms with Crippen molar-refractivity contribution in [2.24, 2.45) is 0 Å². The molecule has 5 rings (SSSR count). The van der Waals surface area contributed by atoms with Crippen LogP contribution in [-0.4, -0.2) is 41.3 Å². The minimum atomic E-state index is -0.369. The highest BCUT2D eigenvalue weighted by Crippen LogP contribution is 2.32. The number of hydrogen-bond acceptors (Lipinski definition) is 5. The Morgan fingerprint density at radius 3 is 2.33 bits per heavy atom. The molecule has 168 valence electrons. The Labute approximate surface area is 193 Å². The van der Waals surface area contributed by atoms with Crippen LogP contribution in [0.1, 0.15) is 28.6 Å². The fraction of sp³-hybridized carbons (Fsp3) is 0.259. The Morgan fingerprint density at radius 1 is 0.848 bits per heavy atom. The topological polar surface area (TPSA) is 45.4 Å². The summed E-state index contributed by atoms with van der Waals surface area (Å²) in [7, 11) is 0. The van der Waals surface area contributed by atoms with Gasteiger partial charge >= 0.3 is 0 Å². The van der Waals surface area contributed by atoms with Crippen molar-refractivity contribution in [1.82, 2.24) is 15.1 Å². The first kappa shape index (κ1) is 21.3. The summed E-state index contributed by atoms with van der Waals surface area (Å²) < 4.78 is 20.3. The van der Waals surface area contributed by atoms with Crippen molar-refractivity contribution < 1.29 is 8.81 Å². The van der Waals surface area contributed by atoms with E-state index < -0.39 is 0 Å². The molecule has 5 nitrogen and oxygen atoms in total. The van der Waals surface area contributed by atoms with E-state index in [1.807, 2.05) is 18.2 Å². The lowest BCUT2D eigenvalue weighted by Gasteiger charge is -2.39. The number of halogens is 1. The molecule has 0 saturated carbocycles. The summed E-state index contributed by atoms with van der Waals surface area (Å²) >= 11 is 0. The summed E-state index contributed by atoms with van der Waals surface area (Å²) in [5.41, 5.74) is 5.27. The number of anilines is 1. The van der Waals surface area contributed by atoms with Gasteiger partial charge in [0.05, 0.1) is 5.56 Å². The SMILES string of the molecule is Cc1ccc(C)c(N2CCN([C@H](c3ccccc3)c3nnc(-c4ccccc4F)o3)CC2)c1. The molecule has 1 aliphatic heterocycles. The van der Waals surface area contributed by atoms with E-state index in [9.17, 15) is 4.39 Å². The van der Waals surface area contributed by atoms with Gasteiger partial charge in [0.1, 0.15) is 11.9 Å². The van der Waals surface area contributed by atoms with Crippen LogP contribution < -0.4 is 4.90 Å². The van der Waals surface area contributed by atoms with Crippen LogP contribution in [0.15, 0.2) is 77.2 Å². The highest BCUT2D eigenvalue weighted by atomic mass is 19.1. The molecule has 1 aromatic heterocycles. The summed E-state index contributed by atoms with van der Waals surface area (Å²) in [5.74, 6) is 0.323. The maximum Gasteiger partial charge on any atom is 0.250 e. The molecule has 0 spiro atoms. The van der Waals surface area contributed by atoms with E-state index in [0.717, 1.165) is 31.7 Å². The van der Waals surface area contributed by atoms with Crippen LogP contribution in [0, 0.1) is 19.7 Å². The molecule has 0 unspecified atom stereocenters. The van der Waals surface area contributed by atoms with Crippen LogP contribution in [0.4, 0.5) is 10.1 Å². The Balaban J connectivity index is 1.42. The monoisotopic (exact) mass is 442 g/mol. The molecular formula is C27H27FN4O. The summed E-state index contributed by atoms with van der Waals surface area (Å²) in [6.45, 7) is 7.81. The molecule has 2 heterocycles. The zero-order chi connectivity index (χ0) is 22.8. The molecule has 3 aromatic carbocycles. The summed E-state index contributed by atoms with van der Waals surface area (Å²) in [4.78, 5) is 4.81. The fourth-order valence-corrected chi connectivity index (χ4v) is 4.51. The van der Waals surface area contributed by atoms with Gasteiger partial charge < -0.3 is 9.32 Å². The molecule has 0 radical (unpaired) electrons. The number of rotatable bonds is 5. The molecule has 33 heavy (non-hydrogen) atoms. The zero-order valence-corrected chi connectivity index (χ0v) is 18.9. The highest BCUT2D eigenvalue weighted by Gasteiger charge is 2.31. The standard InChI is InChI=1S/C27H27FN4O/c1-19-12-13-20(2)24(18-19)31-14-16-32(17-15-31)25(21-8-4-3-5-9-21)27-30-29-26(33-27)22-10-6-7-11-23(22)28/h3-13,18,25H,14-17H2,1-2H3/t25-/m1/s1. The van der Waals surface area contributed by atoms with Crippen LogP contribution in [0.2, 0.25) is 0 Å². The maximum atomic E-state index is 14.3. The van der Waals surface area contributed by atoms with E-state index in [4.69, 9.17) is 4.42 Å². The van der Waals surface area contributed by atoms with Crippen LogP contribution in [0.25, 0.3) is 11.5 Å². The lowest BCUT2D eigenvalue weighted by Crippen LogP contribution is -2.48. The van der Waals surface area contributed by atoms with Crippen LogP contribution in [0.3, 0.4) is 0 Å². The number of piperazine rings is 1. The minimum Gasteiger partial charge on any atom is -0.418 e. The second-order valence-corrected chi connectivity index (χ2v) is 8.55. The van der Waals surface area contributed by atoms with E-state index in [1.165, 1.54) is 22.9 Å². The molecule has 1 aliphatic rings. The number of benzene rings is 3. The number of hydrogen-bond donors (Lipinski definition) is 0. The predicted octanol–water partition coefficient (Wildman–Crippen LogP) is 5.40. The molecule has 6 heteroatoms. The van der Waals surface area contributed by atoms with Gasteiger partial charge in [-0.15, -0.1) is 10.2 Å². The lowest BCUT2D eigenvalue weighted by atomic mass is 10.0. The van der Waals surface area contributed by atoms with E-state index in [0.29, 0.717) is 11.5 Å². The summed E-state index contributed by atoms with van der Waals surface area (Å²) in [6.07, 6.45) is 0. The predicted molar refractivity (Wildman–Crippen MR) is 128 cm³/mol. The zero-order valence-electron chi connectivity index (χ0n) is 18.9. The van der Waals surface area contributed by atoms with Gasteiger partial charge in [-0.3, -0.25) is 4.90 Å². The first-order valence-corrected chi connectivity index (χ1v) is 11.3. The first-order valence-electron chi connectivity index (χ1n) is 11.3. The van der Waals surface area contributed by atoms with Gasteiger partial charge in [0.15, 0.2) is 0 Å². The maximum absolute atomic E-state index is 14.3. The third kappa shape index (κ3) is 4.39. The molecular weight excluding hydrogens is 415 g/mol. The van der Waals surface area contributed by atoms with Crippen molar-refractivity contribution in [1.29, 1.82) is 0 Å². The number of aromatic nitrogens is 2. The lowest BCUT2D eigenvalue weighted by molar-refractivity contribution is 0.188. The van der Waals surface area contributed by atoms with Crippen LogP contribution in [-0.2, 0) is 0 Å². The number of aryl methyl sites for hydroxylation is 2. The molecule has 1 fully saturated rings. The normalized spacial score (nSPS) is 15.5.